The number of rotatable bonds is 3. The first kappa shape index (κ1) is 14.3. The lowest BCUT2D eigenvalue weighted by atomic mass is 10.1. The number of aromatic nitrogens is 2. The van der Waals surface area contributed by atoms with Gasteiger partial charge in [-0.1, -0.05) is 29.0 Å². The van der Waals surface area contributed by atoms with Crippen LogP contribution in [0.4, 0.5) is 15.6 Å². The largest absolute Gasteiger partial charge is 0.374 e. The van der Waals surface area contributed by atoms with Crippen molar-refractivity contribution in [2.75, 3.05) is 11.1 Å². The van der Waals surface area contributed by atoms with Crippen LogP contribution in [0.25, 0.3) is 0 Å². The summed E-state index contributed by atoms with van der Waals surface area (Å²) in [7, 11) is 0. The molecule has 0 bridgehead atoms. The van der Waals surface area contributed by atoms with Gasteiger partial charge < -0.3 is 16.4 Å². The van der Waals surface area contributed by atoms with E-state index in [-0.39, 0.29) is 6.03 Å². The van der Waals surface area contributed by atoms with Crippen LogP contribution in [0.1, 0.15) is 21.7 Å². The van der Waals surface area contributed by atoms with E-state index in [1.54, 1.807) is 0 Å². The number of benzene rings is 1. The van der Waals surface area contributed by atoms with E-state index in [4.69, 9.17) is 5.73 Å². The average Bonchev–Trinajstić information content (AvgIpc) is 2.77. The van der Waals surface area contributed by atoms with Crippen molar-refractivity contribution in [3.63, 3.8) is 0 Å². The van der Waals surface area contributed by atoms with Crippen LogP contribution in [-0.4, -0.2) is 16.2 Å². The molecule has 0 fully saturated rings. The summed E-state index contributed by atoms with van der Waals surface area (Å²) in [6.07, 6.45) is 0. The Labute approximate surface area is 121 Å². The smallest absolute Gasteiger partial charge is 0.319 e. The minimum absolute atomic E-state index is 0.270. The molecule has 1 heterocycles. The van der Waals surface area contributed by atoms with Crippen molar-refractivity contribution in [1.29, 1.82) is 0 Å². The number of urea groups is 1. The first-order valence-corrected chi connectivity index (χ1v) is 6.98. The van der Waals surface area contributed by atoms with Crippen LogP contribution in [0, 0.1) is 20.8 Å². The van der Waals surface area contributed by atoms with Gasteiger partial charge in [-0.15, -0.1) is 10.2 Å². The zero-order chi connectivity index (χ0) is 14.7. The van der Waals surface area contributed by atoms with Gasteiger partial charge >= 0.3 is 6.03 Å². The molecular weight excluding hydrogens is 274 g/mol. The van der Waals surface area contributed by atoms with E-state index in [0.29, 0.717) is 16.7 Å². The Kier molecular flexibility index (Phi) is 4.19. The summed E-state index contributed by atoms with van der Waals surface area (Å²) < 4.78 is 0. The fraction of sp³-hybridized carbons (Fsp3) is 0.308. The number of nitrogen functional groups attached to an aromatic ring is 1. The number of nitrogens with zero attached hydrogens (tertiary/aromatic N) is 2. The third-order valence-electron chi connectivity index (χ3n) is 2.80. The van der Waals surface area contributed by atoms with Crippen molar-refractivity contribution < 1.29 is 4.79 Å². The molecule has 0 aliphatic rings. The van der Waals surface area contributed by atoms with Crippen LogP contribution in [0.15, 0.2) is 12.1 Å². The van der Waals surface area contributed by atoms with E-state index in [1.165, 1.54) is 16.9 Å². The molecule has 6 nitrogen and oxygen atoms in total. The van der Waals surface area contributed by atoms with Gasteiger partial charge in [-0.05, 0) is 31.9 Å². The molecule has 2 amide bonds. The maximum atomic E-state index is 11.9. The lowest BCUT2D eigenvalue weighted by Crippen LogP contribution is -2.28. The maximum Gasteiger partial charge on any atom is 0.319 e. The van der Waals surface area contributed by atoms with Gasteiger partial charge in [-0.25, -0.2) is 4.79 Å². The quantitative estimate of drug-likeness (QED) is 0.809. The molecule has 4 N–H and O–H groups in total. The zero-order valence-corrected chi connectivity index (χ0v) is 12.5. The van der Waals surface area contributed by atoms with Gasteiger partial charge in [-0.3, -0.25) is 0 Å². The molecule has 0 saturated heterocycles. The second kappa shape index (κ2) is 5.87. The summed E-state index contributed by atoms with van der Waals surface area (Å²) in [5.74, 6) is 0. The third-order valence-corrected chi connectivity index (χ3v) is 3.55. The second-order valence-corrected chi connectivity index (χ2v) is 5.71. The van der Waals surface area contributed by atoms with Crippen molar-refractivity contribution in [3.8, 4) is 0 Å². The van der Waals surface area contributed by atoms with Crippen LogP contribution in [0.2, 0.25) is 0 Å². The van der Waals surface area contributed by atoms with E-state index in [9.17, 15) is 4.79 Å². The Morgan fingerprint density at radius 2 is 1.90 bits per heavy atom. The lowest BCUT2D eigenvalue weighted by molar-refractivity contribution is 0.251. The van der Waals surface area contributed by atoms with E-state index in [2.05, 4.69) is 20.8 Å². The van der Waals surface area contributed by atoms with Crippen LogP contribution >= 0.6 is 11.3 Å². The Balaban J connectivity index is 1.98. The fourth-order valence-corrected chi connectivity index (χ4v) is 2.58. The summed E-state index contributed by atoms with van der Waals surface area (Å²) in [5, 5.41) is 14.2. The molecule has 2 aromatic rings. The molecule has 1 aromatic heterocycles. The van der Waals surface area contributed by atoms with E-state index >= 15 is 0 Å². The normalized spacial score (nSPS) is 10.3. The van der Waals surface area contributed by atoms with Crippen LogP contribution in [-0.2, 0) is 6.54 Å². The minimum atomic E-state index is -0.270. The molecule has 2 rings (SSSR count). The van der Waals surface area contributed by atoms with Crippen LogP contribution in [0.5, 0.6) is 0 Å². The number of anilines is 2. The van der Waals surface area contributed by atoms with Crippen molar-refractivity contribution in [3.05, 3.63) is 33.8 Å². The average molecular weight is 291 g/mol. The number of carbonyl (C=O) groups excluding carboxylic acids is 1. The molecule has 0 atom stereocenters. The van der Waals surface area contributed by atoms with E-state index in [0.717, 1.165) is 16.8 Å². The first-order valence-electron chi connectivity index (χ1n) is 6.16. The lowest BCUT2D eigenvalue weighted by Gasteiger charge is -2.13. The Morgan fingerprint density at radius 1 is 1.25 bits per heavy atom. The third kappa shape index (κ3) is 3.45. The predicted octanol–water partition coefficient (Wildman–Crippen LogP) is 2.37. The number of nitrogens with one attached hydrogen (secondary N) is 2. The maximum absolute atomic E-state index is 11.9. The Hall–Kier alpha value is -2.15. The number of hydrogen-bond acceptors (Lipinski definition) is 5. The number of nitrogens with two attached hydrogens (primary N) is 1. The monoisotopic (exact) mass is 291 g/mol. The number of carbonyl (C=O) groups is 1. The summed E-state index contributed by atoms with van der Waals surface area (Å²) in [6.45, 7) is 6.29. The molecule has 20 heavy (non-hydrogen) atoms. The molecule has 0 radical (unpaired) electrons. The molecule has 0 aliphatic heterocycles. The van der Waals surface area contributed by atoms with Gasteiger partial charge in [0.05, 0.1) is 6.54 Å². The SMILES string of the molecule is Cc1cc(C)c(NC(=O)NCc2nnc(N)s2)c(C)c1. The summed E-state index contributed by atoms with van der Waals surface area (Å²) in [6, 6.07) is 3.80. The van der Waals surface area contributed by atoms with Crippen LogP contribution < -0.4 is 16.4 Å². The van der Waals surface area contributed by atoms with Gasteiger partial charge in [0.15, 0.2) is 0 Å². The highest BCUT2D eigenvalue weighted by atomic mass is 32.1. The highest BCUT2D eigenvalue weighted by Crippen LogP contribution is 2.21. The molecule has 0 spiro atoms. The topological polar surface area (TPSA) is 92.9 Å². The Bertz CT molecular complexity index is 614. The summed E-state index contributed by atoms with van der Waals surface area (Å²) in [5.41, 5.74) is 9.57. The van der Waals surface area contributed by atoms with Gasteiger partial charge in [0.25, 0.3) is 0 Å². The van der Waals surface area contributed by atoms with Gasteiger partial charge in [0.2, 0.25) is 5.13 Å². The predicted molar refractivity (Wildman–Crippen MR) is 80.8 cm³/mol. The van der Waals surface area contributed by atoms with Crippen LogP contribution in [0.3, 0.4) is 0 Å². The van der Waals surface area contributed by atoms with Gasteiger partial charge in [0, 0.05) is 5.69 Å². The molecule has 106 valence electrons. The van der Waals surface area contributed by atoms with Gasteiger partial charge in [0.1, 0.15) is 5.01 Å². The first-order chi connectivity index (χ1) is 9.45. The van der Waals surface area contributed by atoms with Crippen molar-refractivity contribution >= 4 is 28.2 Å². The molecule has 0 aliphatic carbocycles. The molecule has 0 saturated carbocycles. The molecular formula is C13H17N5OS. The minimum Gasteiger partial charge on any atom is -0.374 e. The second-order valence-electron chi connectivity index (χ2n) is 4.62. The Morgan fingerprint density at radius 3 is 2.45 bits per heavy atom. The highest BCUT2D eigenvalue weighted by molar-refractivity contribution is 7.15. The summed E-state index contributed by atoms with van der Waals surface area (Å²) >= 11 is 1.26. The van der Waals surface area contributed by atoms with Crippen molar-refractivity contribution in [2.45, 2.75) is 27.3 Å². The zero-order valence-electron chi connectivity index (χ0n) is 11.7. The highest BCUT2D eigenvalue weighted by Gasteiger charge is 2.09. The molecule has 0 unspecified atom stereocenters. The standard InChI is InChI=1S/C13H17N5OS/c1-7-4-8(2)11(9(3)5-7)16-13(19)15-6-10-17-18-12(14)20-10/h4-5H,6H2,1-3H3,(H2,14,18)(H2,15,16,19). The number of aryl methyl sites for hydroxylation is 3. The number of hydrogen-bond donors (Lipinski definition) is 3. The van der Waals surface area contributed by atoms with E-state index < -0.39 is 0 Å². The molecule has 1 aromatic carbocycles. The number of amides is 2. The molecule has 7 heteroatoms. The summed E-state index contributed by atoms with van der Waals surface area (Å²) in [4.78, 5) is 11.9. The van der Waals surface area contributed by atoms with E-state index in [1.807, 2.05) is 32.9 Å². The van der Waals surface area contributed by atoms with Crippen molar-refractivity contribution in [1.82, 2.24) is 15.5 Å². The van der Waals surface area contributed by atoms with Gasteiger partial charge in [-0.2, -0.15) is 0 Å². The van der Waals surface area contributed by atoms with Crippen molar-refractivity contribution in [2.24, 2.45) is 0 Å². The fourth-order valence-electron chi connectivity index (χ4n) is 2.03.